The summed E-state index contributed by atoms with van der Waals surface area (Å²) in [5.41, 5.74) is 1.34. The number of benzene rings is 1. The van der Waals surface area contributed by atoms with Crippen LogP contribution in [0.2, 0.25) is 0 Å². The van der Waals surface area contributed by atoms with Gasteiger partial charge in [-0.2, -0.15) is 0 Å². The quantitative estimate of drug-likeness (QED) is 0.361. The van der Waals surface area contributed by atoms with Crippen LogP contribution >= 0.6 is 35.3 Å². The van der Waals surface area contributed by atoms with Crippen molar-refractivity contribution in [3.8, 4) is 0 Å². The topological polar surface area (TPSA) is 49.3 Å². The third kappa shape index (κ3) is 7.61. The maximum absolute atomic E-state index is 4.64. The minimum absolute atomic E-state index is 0. The lowest BCUT2D eigenvalue weighted by Crippen LogP contribution is -2.38. The minimum Gasteiger partial charge on any atom is -0.357 e. The van der Waals surface area contributed by atoms with Crippen LogP contribution in [-0.2, 0) is 19.3 Å². The molecule has 132 valence electrons. The van der Waals surface area contributed by atoms with Gasteiger partial charge in [-0.25, -0.2) is 4.98 Å². The van der Waals surface area contributed by atoms with E-state index in [4.69, 9.17) is 0 Å². The van der Waals surface area contributed by atoms with E-state index in [2.05, 4.69) is 58.7 Å². The molecular formula is C18H27IN4S. The van der Waals surface area contributed by atoms with Gasteiger partial charge in [0.2, 0.25) is 0 Å². The number of halogens is 1. The number of thiazole rings is 1. The zero-order valence-corrected chi connectivity index (χ0v) is 17.6. The number of hydrogen-bond acceptors (Lipinski definition) is 3. The molecule has 0 aliphatic rings. The van der Waals surface area contributed by atoms with E-state index in [1.165, 1.54) is 15.4 Å². The van der Waals surface area contributed by atoms with Crippen LogP contribution in [0.4, 0.5) is 0 Å². The predicted molar refractivity (Wildman–Crippen MR) is 115 cm³/mol. The fraction of sp³-hybridized carbons (Fsp3) is 0.444. The van der Waals surface area contributed by atoms with Crippen LogP contribution in [0.3, 0.4) is 0 Å². The standard InChI is InChI=1S/C18H26N4S.HI/c1-3-16-14-22-17(23-16)11-13-21-18(19-4-2)20-12-10-15-8-6-5-7-9-15;/h5-9,14H,3-4,10-13H2,1-2H3,(H2,19,20,21);1H. The van der Waals surface area contributed by atoms with Gasteiger partial charge in [0, 0.05) is 37.1 Å². The van der Waals surface area contributed by atoms with Crippen molar-refractivity contribution in [2.75, 3.05) is 19.6 Å². The molecule has 2 aromatic rings. The molecule has 6 heteroatoms. The summed E-state index contributed by atoms with van der Waals surface area (Å²) in [4.78, 5) is 10.4. The van der Waals surface area contributed by atoms with Gasteiger partial charge >= 0.3 is 0 Å². The van der Waals surface area contributed by atoms with Crippen LogP contribution in [0.15, 0.2) is 41.5 Å². The van der Waals surface area contributed by atoms with Gasteiger partial charge < -0.3 is 10.6 Å². The van der Waals surface area contributed by atoms with Crippen LogP contribution in [-0.4, -0.2) is 30.6 Å². The van der Waals surface area contributed by atoms with Crippen molar-refractivity contribution in [1.82, 2.24) is 15.6 Å². The van der Waals surface area contributed by atoms with Gasteiger partial charge in [-0.05, 0) is 25.3 Å². The summed E-state index contributed by atoms with van der Waals surface area (Å²) in [7, 11) is 0. The van der Waals surface area contributed by atoms with E-state index in [1.807, 2.05) is 12.3 Å². The van der Waals surface area contributed by atoms with Gasteiger partial charge in [0.15, 0.2) is 5.96 Å². The Morgan fingerprint density at radius 3 is 2.58 bits per heavy atom. The highest BCUT2D eigenvalue weighted by molar-refractivity contribution is 14.0. The lowest BCUT2D eigenvalue weighted by Gasteiger charge is -2.11. The molecule has 1 heterocycles. The molecule has 4 nitrogen and oxygen atoms in total. The second-order valence-corrected chi connectivity index (χ2v) is 6.45. The van der Waals surface area contributed by atoms with Gasteiger partial charge in [0.05, 0.1) is 5.01 Å². The Morgan fingerprint density at radius 1 is 1.12 bits per heavy atom. The average Bonchev–Trinajstić information content (AvgIpc) is 3.04. The number of aryl methyl sites for hydroxylation is 1. The van der Waals surface area contributed by atoms with Crippen LogP contribution in [0.5, 0.6) is 0 Å². The van der Waals surface area contributed by atoms with E-state index >= 15 is 0 Å². The van der Waals surface area contributed by atoms with Crippen molar-refractivity contribution in [1.29, 1.82) is 0 Å². The highest BCUT2D eigenvalue weighted by atomic mass is 127. The smallest absolute Gasteiger partial charge is 0.191 e. The van der Waals surface area contributed by atoms with Crippen molar-refractivity contribution in [2.45, 2.75) is 33.1 Å². The fourth-order valence-electron chi connectivity index (χ4n) is 2.20. The predicted octanol–water partition coefficient (Wildman–Crippen LogP) is 3.66. The molecule has 2 rings (SSSR count). The highest BCUT2D eigenvalue weighted by Gasteiger charge is 2.01. The van der Waals surface area contributed by atoms with E-state index in [0.29, 0.717) is 0 Å². The van der Waals surface area contributed by atoms with Crippen LogP contribution in [0.1, 0.15) is 29.3 Å². The molecule has 0 spiro atoms. The molecule has 1 aromatic carbocycles. The van der Waals surface area contributed by atoms with E-state index < -0.39 is 0 Å². The normalized spacial score (nSPS) is 11.0. The van der Waals surface area contributed by atoms with E-state index in [1.54, 1.807) is 11.3 Å². The van der Waals surface area contributed by atoms with Gasteiger partial charge in [-0.1, -0.05) is 37.3 Å². The second kappa shape index (κ2) is 12.2. The lowest BCUT2D eigenvalue weighted by atomic mass is 10.1. The average molecular weight is 458 g/mol. The third-order valence-electron chi connectivity index (χ3n) is 3.44. The van der Waals surface area contributed by atoms with E-state index in [9.17, 15) is 0 Å². The molecule has 1 aromatic heterocycles. The van der Waals surface area contributed by atoms with Crippen molar-refractivity contribution in [3.63, 3.8) is 0 Å². The molecule has 0 saturated carbocycles. The molecule has 0 aliphatic carbocycles. The summed E-state index contributed by atoms with van der Waals surface area (Å²) >= 11 is 1.79. The second-order valence-electron chi connectivity index (χ2n) is 5.25. The maximum Gasteiger partial charge on any atom is 0.191 e. The summed E-state index contributed by atoms with van der Waals surface area (Å²) in [6, 6.07) is 10.5. The van der Waals surface area contributed by atoms with Crippen molar-refractivity contribution in [3.05, 3.63) is 52.0 Å². The zero-order valence-electron chi connectivity index (χ0n) is 14.4. The number of rotatable bonds is 8. The number of hydrogen-bond donors (Lipinski definition) is 2. The van der Waals surface area contributed by atoms with E-state index in [-0.39, 0.29) is 24.0 Å². The first-order chi connectivity index (χ1) is 11.3. The Kier molecular flexibility index (Phi) is 10.7. The third-order valence-corrected chi connectivity index (χ3v) is 4.64. The Balaban J connectivity index is 0.00000288. The summed E-state index contributed by atoms with van der Waals surface area (Å²) in [6.07, 6.45) is 4.94. The lowest BCUT2D eigenvalue weighted by molar-refractivity contribution is 0.796. The molecule has 2 N–H and O–H groups in total. The van der Waals surface area contributed by atoms with Crippen molar-refractivity contribution < 1.29 is 0 Å². The fourth-order valence-corrected chi connectivity index (χ4v) is 3.05. The van der Waals surface area contributed by atoms with Gasteiger partial charge in [-0.3, -0.25) is 4.99 Å². The van der Waals surface area contributed by atoms with Crippen molar-refractivity contribution >= 4 is 41.3 Å². The molecule has 0 bridgehead atoms. The van der Waals surface area contributed by atoms with Gasteiger partial charge in [-0.15, -0.1) is 35.3 Å². The SMILES string of the molecule is CCNC(=NCCc1ncc(CC)s1)NCCc1ccccc1.I. The Hall–Kier alpha value is -1.15. The molecule has 0 saturated heterocycles. The number of aromatic nitrogens is 1. The summed E-state index contributed by atoms with van der Waals surface area (Å²) in [5.74, 6) is 0.885. The number of nitrogens with zero attached hydrogens (tertiary/aromatic N) is 2. The van der Waals surface area contributed by atoms with Crippen LogP contribution in [0.25, 0.3) is 0 Å². The molecule has 24 heavy (non-hydrogen) atoms. The Morgan fingerprint density at radius 2 is 1.92 bits per heavy atom. The first-order valence-electron chi connectivity index (χ1n) is 8.31. The molecule has 0 unspecified atom stereocenters. The first-order valence-corrected chi connectivity index (χ1v) is 9.13. The summed E-state index contributed by atoms with van der Waals surface area (Å²) < 4.78 is 0. The molecule has 0 fully saturated rings. The number of nitrogens with one attached hydrogen (secondary N) is 2. The minimum atomic E-state index is 0. The summed E-state index contributed by atoms with van der Waals surface area (Å²) in [5, 5.41) is 7.86. The Bertz CT molecular complexity index is 598. The number of aliphatic imine (C=N–C) groups is 1. The van der Waals surface area contributed by atoms with Crippen LogP contribution < -0.4 is 10.6 Å². The number of guanidine groups is 1. The van der Waals surface area contributed by atoms with Crippen molar-refractivity contribution in [2.24, 2.45) is 4.99 Å². The van der Waals surface area contributed by atoms with Crippen LogP contribution in [0, 0.1) is 0 Å². The molecule has 0 amide bonds. The van der Waals surface area contributed by atoms with E-state index in [0.717, 1.165) is 44.9 Å². The summed E-state index contributed by atoms with van der Waals surface area (Å²) in [6.45, 7) is 6.76. The monoisotopic (exact) mass is 458 g/mol. The maximum atomic E-state index is 4.64. The van der Waals surface area contributed by atoms with Gasteiger partial charge in [0.25, 0.3) is 0 Å². The molecule has 0 aliphatic heterocycles. The molecular weight excluding hydrogens is 431 g/mol. The molecule has 0 radical (unpaired) electrons. The first kappa shape index (κ1) is 20.9. The largest absolute Gasteiger partial charge is 0.357 e. The zero-order chi connectivity index (χ0) is 16.3. The molecule has 0 atom stereocenters. The van der Waals surface area contributed by atoms with Gasteiger partial charge in [0.1, 0.15) is 0 Å². The Labute approximate surface area is 166 Å². The highest BCUT2D eigenvalue weighted by Crippen LogP contribution is 2.13.